The first-order valence-electron chi connectivity index (χ1n) is 7.94. The van der Waals surface area contributed by atoms with E-state index in [1.165, 1.54) is 16.5 Å². The maximum atomic E-state index is 12.3. The summed E-state index contributed by atoms with van der Waals surface area (Å²) in [5.41, 5.74) is 1.21. The van der Waals surface area contributed by atoms with Gasteiger partial charge < -0.3 is 15.3 Å². The Hall–Kier alpha value is -2.19. The van der Waals surface area contributed by atoms with Crippen LogP contribution in [0, 0.1) is 0 Å². The second-order valence-electron chi connectivity index (χ2n) is 5.78. The molecule has 0 aliphatic carbocycles. The van der Waals surface area contributed by atoms with Crippen LogP contribution in [0.4, 0.5) is 0 Å². The minimum absolute atomic E-state index is 0.00344. The van der Waals surface area contributed by atoms with Gasteiger partial charge in [0.05, 0.1) is 6.54 Å². The van der Waals surface area contributed by atoms with Crippen LogP contribution in [0.3, 0.4) is 0 Å². The van der Waals surface area contributed by atoms with Gasteiger partial charge in [-0.3, -0.25) is 9.59 Å². The van der Waals surface area contributed by atoms with Crippen molar-refractivity contribution in [1.29, 1.82) is 0 Å². The van der Waals surface area contributed by atoms with Crippen LogP contribution in [0.2, 0.25) is 0 Å². The molecule has 1 aliphatic heterocycles. The van der Waals surface area contributed by atoms with E-state index < -0.39 is 5.97 Å². The van der Waals surface area contributed by atoms with Crippen molar-refractivity contribution >= 4 is 40.5 Å². The number of thiophene rings is 2. The molecule has 2 amide bonds. The number of rotatable bonds is 6. The van der Waals surface area contributed by atoms with Crippen molar-refractivity contribution in [3.8, 4) is 0 Å². The quantitative estimate of drug-likeness (QED) is 0.809. The van der Waals surface area contributed by atoms with E-state index in [2.05, 4.69) is 11.4 Å². The van der Waals surface area contributed by atoms with E-state index in [0.29, 0.717) is 13.1 Å². The summed E-state index contributed by atoms with van der Waals surface area (Å²) in [5.74, 6) is -1.17. The number of fused-ring (bicyclic) bond motifs is 1. The average molecular weight is 378 g/mol. The van der Waals surface area contributed by atoms with Crippen molar-refractivity contribution in [3.63, 3.8) is 0 Å². The second kappa shape index (κ2) is 7.79. The molecule has 0 saturated carbocycles. The fourth-order valence-electron chi connectivity index (χ4n) is 2.70. The van der Waals surface area contributed by atoms with Gasteiger partial charge in [0.15, 0.2) is 0 Å². The smallest absolute Gasteiger partial charge is 0.345 e. The molecule has 2 aromatic heterocycles. The molecule has 0 unspecified atom stereocenters. The molecule has 25 heavy (non-hydrogen) atoms. The molecule has 0 saturated heterocycles. The van der Waals surface area contributed by atoms with Gasteiger partial charge in [-0.15, -0.1) is 22.7 Å². The largest absolute Gasteiger partial charge is 0.477 e. The van der Waals surface area contributed by atoms with Crippen LogP contribution in [0.5, 0.6) is 0 Å². The van der Waals surface area contributed by atoms with Crippen LogP contribution in [0.25, 0.3) is 0 Å². The Labute approximate surface area is 153 Å². The average Bonchev–Trinajstić information content (AvgIpc) is 3.26. The standard InChI is InChI=1S/C17H18N2O4S2/c20-15(18-9-12-1-2-14(25-12)17(22)23)3-4-16(21)19-7-5-13-11(10-19)6-8-24-13/h1-2,6,8H,3-5,7,9-10H2,(H,18,20)(H,22,23). The number of carbonyl (C=O) groups is 3. The number of aromatic carboxylic acids is 1. The molecule has 0 atom stereocenters. The van der Waals surface area contributed by atoms with E-state index >= 15 is 0 Å². The predicted molar refractivity (Wildman–Crippen MR) is 95.8 cm³/mol. The normalized spacial score (nSPS) is 13.4. The highest BCUT2D eigenvalue weighted by Gasteiger charge is 2.21. The highest BCUT2D eigenvalue weighted by molar-refractivity contribution is 7.13. The minimum atomic E-state index is -0.969. The van der Waals surface area contributed by atoms with Gasteiger partial charge in [0.25, 0.3) is 0 Å². The third kappa shape index (κ3) is 4.46. The number of hydrogen-bond donors (Lipinski definition) is 2. The van der Waals surface area contributed by atoms with Gasteiger partial charge in [0.2, 0.25) is 11.8 Å². The number of carboxylic acids is 1. The lowest BCUT2D eigenvalue weighted by molar-refractivity contribution is -0.134. The molecular formula is C17H18N2O4S2. The highest BCUT2D eigenvalue weighted by atomic mass is 32.1. The number of nitrogens with zero attached hydrogens (tertiary/aromatic N) is 1. The third-order valence-electron chi connectivity index (χ3n) is 4.06. The van der Waals surface area contributed by atoms with Gasteiger partial charge in [0, 0.05) is 35.7 Å². The van der Waals surface area contributed by atoms with Gasteiger partial charge in [-0.05, 0) is 35.6 Å². The Morgan fingerprint density at radius 2 is 2.04 bits per heavy atom. The van der Waals surface area contributed by atoms with E-state index in [0.717, 1.165) is 22.6 Å². The van der Waals surface area contributed by atoms with Gasteiger partial charge in [-0.25, -0.2) is 4.79 Å². The van der Waals surface area contributed by atoms with Gasteiger partial charge in [0.1, 0.15) is 4.88 Å². The first-order valence-corrected chi connectivity index (χ1v) is 9.64. The van der Waals surface area contributed by atoms with Gasteiger partial charge in [-0.1, -0.05) is 0 Å². The summed E-state index contributed by atoms with van der Waals surface area (Å²) < 4.78 is 0. The summed E-state index contributed by atoms with van der Waals surface area (Å²) in [7, 11) is 0. The van der Waals surface area contributed by atoms with Crippen LogP contribution in [0.1, 0.15) is 37.8 Å². The SMILES string of the molecule is O=C(CCC(=O)N1CCc2sccc2C1)NCc1ccc(C(=O)O)s1. The summed E-state index contributed by atoms with van der Waals surface area (Å²) in [5, 5.41) is 13.7. The Morgan fingerprint density at radius 1 is 1.20 bits per heavy atom. The first-order chi connectivity index (χ1) is 12.0. The lowest BCUT2D eigenvalue weighted by atomic mass is 10.1. The lowest BCUT2D eigenvalue weighted by Crippen LogP contribution is -2.36. The number of hydrogen-bond acceptors (Lipinski definition) is 5. The Morgan fingerprint density at radius 3 is 2.80 bits per heavy atom. The Bertz CT molecular complexity index is 796. The molecule has 1 aliphatic rings. The molecule has 3 heterocycles. The summed E-state index contributed by atoms with van der Waals surface area (Å²) >= 11 is 2.86. The predicted octanol–water partition coefficient (Wildman–Crippen LogP) is 2.49. The highest BCUT2D eigenvalue weighted by Crippen LogP contribution is 2.24. The van der Waals surface area contributed by atoms with E-state index in [1.54, 1.807) is 22.3 Å². The molecule has 6 nitrogen and oxygen atoms in total. The lowest BCUT2D eigenvalue weighted by Gasteiger charge is -2.27. The van der Waals surface area contributed by atoms with Crippen molar-refractivity contribution in [2.45, 2.75) is 32.4 Å². The number of nitrogens with one attached hydrogen (secondary N) is 1. The molecule has 0 bridgehead atoms. The summed E-state index contributed by atoms with van der Waals surface area (Å²) in [6, 6.07) is 5.26. The Balaban J connectivity index is 1.41. The van der Waals surface area contributed by atoms with Gasteiger partial charge in [-0.2, -0.15) is 0 Å². The molecule has 3 rings (SSSR count). The molecule has 2 aromatic rings. The molecule has 0 fully saturated rings. The van der Waals surface area contributed by atoms with Gasteiger partial charge >= 0.3 is 5.97 Å². The van der Waals surface area contributed by atoms with Crippen molar-refractivity contribution < 1.29 is 19.5 Å². The topological polar surface area (TPSA) is 86.7 Å². The van der Waals surface area contributed by atoms with Crippen molar-refractivity contribution in [2.75, 3.05) is 6.54 Å². The second-order valence-corrected chi connectivity index (χ2v) is 7.95. The zero-order valence-electron chi connectivity index (χ0n) is 13.5. The fraction of sp³-hybridized carbons (Fsp3) is 0.353. The summed E-state index contributed by atoms with van der Waals surface area (Å²) in [6.07, 6.45) is 1.22. The first kappa shape index (κ1) is 17.6. The van der Waals surface area contributed by atoms with Crippen LogP contribution in [-0.2, 0) is 29.1 Å². The minimum Gasteiger partial charge on any atom is -0.477 e. The zero-order chi connectivity index (χ0) is 17.8. The van der Waals surface area contributed by atoms with Crippen molar-refractivity contribution in [2.24, 2.45) is 0 Å². The fourth-order valence-corrected chi connectivity index (χ4v) is 4.38. The number of amides is 2. The maximum absolute atomic E-state index is 12.3. The van der Waals surface area contributed by atoms with E-state index in [9.17, 15) is 14.4 Å². The molecule has 0 aromatic carbocycles. The number of carboxylic acid groups (broad SMARTS) is 1. The molecule has 8 heteroatoms. The zero-order valence-corrected chi connectivity index (χ0v) is 15.1. The van der Waals surface area contributed by atoms with Crippen LogP contribution in [0.15, 0.2) is 23.6 Å². The van der Waals surface area contributed by atoms with E-state index in [-0.39, 0.29) is 36.1 Å². The van der Waals surface area contributed by atoms with Crippen LogP contribution >= 0.6 is 22.7 Å². The molecule has 132 valence electrons. The van der Waals surface area contributed by atoms with E-state index in [1.807, 2.05) is 5.38 Å². The van der Waals surface area contributed by atoms with Crippen LogP contribution in [-0.4, -0.2) is 34.3 Å². The molecular weight excluding hydrogens is 360 g/mol. The third-order valence-corrected chi connectivity index (χ3v) is 6.15. The molecule has 0 radical (unpaired) electrons. The molecule has 2 N–H and O–H groups in total. The summed E-state index contributed by atoms with van der Waals surface area (Å²) in [6.45, 7) is 1.63. The summed E-state index contributed by atoms with van der Waals surface area (Å²) in [4.78, 5) is 39.2. The maximum Gasteiger partial charge on any atom is 0.345 e. The van der Waals surface area contributed by atoms with Crippen molar-refractivity contribution in [1.82, 2.24) is 10.2 Å². The Kier molecular flexibility index (Phi) is 5.50. The number of carbonyl (C=O) groups excluding carboxylic acids is 2. The molecule has 0 spiro atoms. The van der Waals surface area contributed by atoms with Crippen LogP contribution < -0.4 is 5.32 Å². The van der Waals surface area contributed by atoms with E-state index in [4.69, 9.17) is 5.11 Å². The van der Waals surface area contributed by atoms with Crippen molar-refractivity contribution in [3.05, 3.63) is 43.8 Å². The monoisotopic (exact) mass is 378 g/mol.